The lowest BCUT2D eigenvalue weighted by atomic mass is 9.89. The van der Waals surface area contributed by atoms with Gasteiger partial charge in [-0.2, -0.15) is 5.10 Å². The van der Waals surface area contributed by atoms with Gasteiger partial charge in [0.05, 0.1) is 12.7 Å². The predicted octanol–water partition coefficient (Wildman–Crippen LogP) is 3.27. The fourth-order valence-corrected chi connectivity index (χ4v) is 5.37. The SMILES string of the molecule is O=C(CN1C[C@@H]2CC[C@H]1C2)N1CCC(c2[nH]ncc2-c2ccccc2)CC1. The van der Waals surface area contributed by atoms with Crippen LogP contribution in [-0.2, 0) is 4.79 Å². The van der Waals surface area contributed by atoms with E-state index in [2.05, 4.69) is 44.3 Å². The Morgan fingerprint density at radius 1 is 1.11 bits per heavy atom. The van der Waals surface area contributed by atoms with Crippen LogP contribution in [0.5, 0.6) is 0 Å². The third-order valence-corrected chi connectivity index (χ3v) is 6.87. The number of hydrogen-bond acceptors (Lipinski definition) is 3. The molecular weight excluding hydrogens is 336 g/mol. The molecule has 5 heteroatoms. The summed E-state index contributed by atoms with van der Waals surface area (Å²) < 4.78 is 0. The summed E-state index contributed by atoms with van der Waals surface area (Å²) in [6, 6.07) is 11.1. The summed E-state index contributed by atoms with van der Waals surface area (Å²) in [6.45, 7) is 3.49. The highest BCUT2D eigenvalue weighted by atomic mass is 16.2. The fourth-order valence-electron chi connectivity index (χ4n) is 5.37. The Hall–Kier alpha value is -2.14. The second-order valence-corrected chi connectivity index (χ2v) is 8.48. The van der Waals surface area contributed by atoms with Crippen LogP contribution < -0.4 is 0 Å². The van der Waals surface area contributed by atoms with Crippen LogP contribution in [0.2, 0.25) is 0 Å². The second kappa shape index (κ2) is 7.12. The van der Waals surface area contributed by atoms with Gasteiger partial charge in [-0.15, -0.1) is 0 Å². The van der Waals surface area contributed by atoms with Crippen molar-refractivity contribution in [3.8, 4) is 11.1 Å². The van der Waals surface area contributed by atoms with E-state index < -0.39 is 0 Å². The average Bonchev–Trinajstić information content (AvgIpc) is 3.45. The maximum absolute atomic E-state index is 12.8. The molecule has 5 rings (SSSR count). The molecule has 1 saturated carbocycles. The van der Waals surface area contributed by atoms with Gasteiger partial charge in [0.15, 0.2) is 0 Å². The lowest BCUT2D eigenvalue weighted by Crippen LogP contribution is -2.45. The van der Waals surface area contributed by atoms with Crippen LogP contribution in [-0.4, -0.2) is 58.1 Å². The number of piperidine rings is 2. The molecule has 5 nitrogen and oxygen atoms in total. The van der Waals surface area contributed by atoms with Crippen molar-refractivity contribution in [1.29, 1.82) is 0 Å². The molecule has 0 unspecified atom stereocenters. The first-order valence-corrected chi connectivity index (χ1v) is 10.4. The zero-order valence-electron chi connectivity index (χ0n) is 15.8. The van der Waals surface area contributed by atoms with E-state index in [9.17, 15) is 4.79 Å². The summed E-state index contributed by atoms with van der Waals surface area (Å²) in [5.41, 5.74) is 3.64. The molecular formula is C22H28N4O. The number of fused-ring (bicyclic) bond motifs is 2. The van der Waals surface area contributed by atoms with Gasteiger partial charge in [0.25, 0.3) is 0 Å². The van der Waals surface area contributed by atoms with E-state index in [1.165, 1.54) is 36.1 Å². The van der Waals surface area contributed by atoms with Crippen LogP contribution in [0.3, 0.4) is 0 Å². The van der Waals surface area contributed by atoms with Crippen LogP contribution in [0, 0.1) is 5.92 Å². The number of carbonyl (C=O) groups is 1. The van der Waals surface area contributed by atoms with Gasteiger partial charge < -0.3 is 4.90 Å². The monoisotopic (exact) mass is 364 g/mol. The number of aromatic nitrogens is 2. The number of hydrogen-bond donors (Lipinski definition) is 1. The maximum Gasteiger partial charge on any atom is 0.236 e. The largest absolute Gasteiger partial charge is 0.342 e. The molecule has 1 amide bonds. The summed E-state index contributed by atoms with van der Waals surface area (Å²) in [5, 5.41) is 7.54. The molecule has 3 aliphatic rings. The Morgan fingerprint density at radius 2 is 1.93 bits per heavy atom. The lowest BCUT2D eigenvalue weighted by Gasteiger charge is -2.34. The summed E-state index contributed by atoms with van der Waals surface area (Å²) in [5.74, 6) is 1.63. The minimum atomic E-state index is 0.328. The average molecular weight is 364 g/mol. The summed E-state index contributed by atoms with van der Waals surface area (Å²) in [4.78, 5) is 17.3. The first-order valence-electron chi connectivity index (χ1n) is 10.4. The number of rotatable bonds is 4. The normalized spacial score (nSPS) is 26.0. The molecule has 0 spiro atoms. The van der Waals surface area contributed by atoms with E-state index in [1.807, 2.05) is 12.3 Å². The highest BCUT2D eigenvalue weighted by molar-refractivity contribution is 5.78. The van der Waals surface area contributed by atoms with E-state index in [0.717, 1.165) is 38.4 Å². The predicted molar refractivity (Wildman–Crippen MR) is 105 cm³/mol. The molecule has 2 atom stereocenters. The van der Waals surface area contributed by atoms with Gasteiger partial charge in [0, 0.05) is 42.9 Å². The molecule has 1 aromatic carbocycles. The number of carbonyl (C=O) groups excluding carboxylic acids is 1. The highest BCUT2D eigenvalue weighted by Gasteiger charge is 2.39. The van der Waals surface area contributed by atoms with Crippen LogP contribution in [0.15, 0.2) is 36.5 Å². The molecule has 3 heterocycles. The fraction of sp³-hybridized carbons (Fsp3) is 0.545. The molecule has 142 valence electrons. The number of nitrogens with one attached hydrogen (secondary N) is 1. The van der Waals surface area contributed by atoms with Gasteiger partial charge in [0.1, 0.15) is 0 Å². The molecule has 2 aromatic rings. The molecule has 0 radical (unpaired) electrons. The third kappa shape index (κ3) is 3.29. The quantitative estimate of drug-likeness (QED) is 0.906. The Labute approximate surface area is 160 Å². The molecule has 1 aliphatic carbocycles. The molecule has 2 saturated heterocycles. The van der Waals surface area contributed by atoms with Crippen molar-refractivity contribution in [2.75, 3.05) is 26.2 Å². The number of benzene rings is 1. The van der Waals surface area contributed by atoms with Gasteiger partial charge in [-0.25, -0.2) is 0 Å². The van der Waals surface area contributed by atoms with Gasteiger partial charge in [0.2, 0.25) is 5.91 Å². The Balaban J connectivity index is 1.20. The number of nitrogens with zero attached hydrogens (tertiary/aromatic N) is 3. The number of aromatic amines is 1. The van der Waals surface area contributed by atoms with Gasteiger partial charge in [-0.3, -0.25) is 14.8 Å². The van der Waals surface area contributed by atoms with Crippen molar-refractivity contribution < 1.29 is 4.79 Å². The van der Waals surface area contributed by atoms with E-state index in [1.54, 1.807) is 0 Å². The van der Waals surface area contributed by atoms with E-state index in [-0.39, 0.29) is 0 Å². The summed E-state index contributed by atoms with van der Waals surface area (Å²) >= 11 is 0. The van der Waals surface area contributed by atoms with E-state index in [4.69, 9.17) is 0 Å². The van der Waals surface area contributed by atoms with Crippen LogP contribution >= 0.6 is 0 Å². The number of amides is 1. The Bertz CT molecular complexity index is 794. The first-order chi connectivity index (χ1) is 13.3. The maximum atomic E-state index is 12.8. The standard InChI is InChI=1S/C22H28N4O/c27-21(15-26-14-16-6-7-19(26)12-16)25-10-8-18(9-11-25)22-20(13-23-24-22)17-4-2-1-3-5-17/h1-5,13,16,18-19H,6-12,14-15H2,(H,23,24)/t16-,19+/m1/s1. The minimum absolute atomic E-state index is 0.328. The Kier molecular flexibility index (Phi) is 4.48. The molecule has 1 aromatic heterocycles. The Morgan fingerprint density at radius 3 is 2.63 bits per heavy atom. The second-order valence-electron chi connectivity index (χ2n) is 8.48. The van der Waals surface area contributed by atoms with E-state index in [0.29, 0.717) is 24.4 Å². The van der Waals surface area contributed by atoms with Crippen molar-refractivity contribution in [2.45, 2.75) is 44.1 Å². The molecule has 3 fully saturated rings. The van der Waals surface area contributed by atoms with Crippen LogP contribution in [0.1, 0.15) is 43.7 Å². The van der Waals surface area contributed by atoms with Crippen molar-refractivity contribution >= 4 is 5.91 Å². The lowest BCUT2D eigenvalue weighted by molar-refractivity contribution is -0.133. The van der Waals surface area contributed by atoms with Crippen molar-refractivity contribution in [1.82, 2.24) is 20.0 Å². The third-order valence-electron chi connectivity index (χ3n) is 6.87. The van der Waals surface area contributed by atoms with Gasteiger partial charge in [-0.1, -0.05) is 30.3 Å². The van der Waals surface area contributed by atoms with Crippen LogP contribution in [0.4, 0.5) is 0 Å². The topological polar surface area (TPSA) is 52.2 Å². The molecule has 27 heavy (non-hydrogen) atoms. The van der Waals surface area contributed by atoms with E-state index >= 15 is 0 Å². The number of likely N-dealkylation sites (tertiary alicyclic amines) is 2. The molecule has 1 N–H and O–H groups in total. The summed E-state index contributed by atoms with van der Waals surface area (Å²) in [6.07, 6.45) is 7.94. The van der Waals surface area contributed by atoms with Crippen molar-refractivity contribution in [2.24, 2.45) is 5.92 Å². The number of H-pyrrole nitrogens is 1. The van der Waals surface area contributed by atoms with Crippen molar-refractivity contribution in [3.05, 3.63) is 42.2 Å². The highest BCUT2D eigenvalue weighted by Crippen LogP contribution is 2.37. The first kappa shape index (κ1) is 17.0. The van der Waals surface area contributed by atoms with Gasteiger partial charge in [-0.05, 0) is 43.6 Å². The van der Waals surface area contributed by atoms with Crippen LogP contribution in [0.25, 0.3) is 11.1 Å². The smallest absolute Gasteiger partial charge is 0.236 e. The molecule has 2 bridgehead atoms. The zero-order chi connectivity index (χ0) is 18.2. The summed E-state index contributed by atoms with van der Waals surface area (Å²) in [7, 11) is 0. The van der Waals surface area contributed by atoms with Crippen molar-refractivity contribution in [3.63, 3.8) is 0 Å². The van der Waals surface area contributed by atoms with Gasteiger partial charge >= 0.3 is 0 Å². The minimum Gasteiger partial charge on any atom is -0.342 e. The zero-order valence-corrected chi connectivity index (χ0v) is 15.8. The molecule has 2 aliphatic heterocycles.